The molecule has 0 spiro atoms. The normalized spacial score (nSPS) is 29.1. The van der Waals surface area contributed by atoms with Crippen molar-refractivity contribution in [2.75, 3.05) is 0 Å². The van der Waals surface area contributed by atoms with Crippen molar-refractivity contribution in [2.24, 2.45) is 5.92 Å². The Kier molecular flexibility index (Phi) is 3.24. The molecule has 0 aromatic carbocycles. The molecule has 5 heteroatoms. The van der Waals surface area contributed by atoms with Crippen molar-refractivity contribution >= 4 is 17.8 Å². The van der Waals surface area contributed by atoms with Gasteiger partial charge in [0.25, 0.3) is 11.8 Å². The molecule has 0 aromatic heterocycles. The van der Waals surface area contributed by atoms with Crippen molar-refractivity contribution in [1.82, 2.24) is 4.90 Å². The van der Waals surface area contributed by atoms with Gasteiger partial charge in [-0.25, -0.2) is 0 Å². The molecule has 98 valence electrons. The zero-order chi connectivity index (χ0) is 13.4. The fourth-order valence-electron chi connectivity index (χ4n) is 2.72. The van der Waals surface area contributed by atoms with Crippen LogP contribution in [0.3, 0.4) is 0 Å². The van der Waals surface area contributed by atoms with Gasteiger partial charge in [0.15, 0.2) is 0 Å². The zero-order valence-electron chi connectivity index (χ0n) is 10.6. The summed E-state index contributed by atoms with van der Waals surface area (Å²) in [5.74, 6) is -2.19. The third-order valence-electron chi connectivity index (χ3n) is 3.99. The Labute approximate surface area is 105 Å². The van der Waals surface area contributed by atoms with Crippen molar-refractivity contribution in [3.05, 3.63) is 11.1 Å². The van der Waals surface area contributed by atoms with E-state index in [0.717, 1.165) is 0 Å². The van der Waals surface area contributed by atoms with Crippen LogP contribution in [0, 0.1) is 5.92 Å². The SMILES string of the molecule is CC1=C(C)C(=O)N(C2CCCC(C(=O)[O-])C2)C1=O. The number of rotatable bonds is 2. The second-order valence-corrected chi connectivity index (χ2v) is 5.07. The van der Waals surface area contributed by atoms with Gasteiger partial charge in [0.05, 0.1) is 0 Å². The summed E-state index contributed by atoms with van der Waals surface area (Å²) >= 11 is 0. The van der Waals surface area contributed by atoms with E-state index >= 15 is 0 Å². The molecule has 0 bridgehead atoms. The molecule has 0 saturated heterocycles. The molecule has 5 nitrogen and oxygen atoms in total. The summed E-state index contributed by atoms with van der Waals surface area (Å²) in [4.78, 5) is 36.1. The Balaban J connectivity index is 2.16. The van der Waals surface area contributed by atoms with E-state index in [1.54, 1.807) is 13.8 Å². The maximum Gasteiger partial charge on any atom is 0.257 e. The summed E-state index contributed by atoms with van der Waals surface area (Å²) in [7, 11) is 0. The standard InChI is InChI=1S/C13H17NO4/c1-7-8(2)12(16)14(11(7)15)10-5-3-4-9(6-10)13(17)18/h9-10H,3-6H2,1-2H3,(H,17,18)/p-1. The van der Waals surface area contributed by atoms with Crippen molar-refractivity contribution in [2.45, 2.75) is 45.6 Å². The number of aliphatic carboxylic acids is 1. The minimum absolute atomic E-state index is 0.276. The van der Waals surface area contributed by atoms with Crippen LogP contribution < -0.4 is 5.11 Å². The van der Waals surface area contributed by atoms with Crippen LogP contribution >= 0.6 is 0 Å². The molecule has 0 radical (unpaired) electrons. The van der Waals surface area contributed by atoms with E-state index in [-0.39, 0.29) is 17.9 Å². The molecule has 2 atom stereocenters. The summed E-state index contributed by atoms with van der Waals surface area (Å²) in [6.07, 6.45) is 2.28. The first-order valence-corrected chi connectivity index (χ1v) is 6.19. The molecule has 0 N–H and O–H groups in total. The first-order chi connectivity index (χ1) is 8.43. The highest BCUT2D eigenvalue weighted by Gasteiger charge is 2.40. The van der Waals surface area contributed by atoms with Gasteiger partial charge in [0.1, 0.15) is 0 Å². The van der Waals surface area contributed by atoms with Crippen molar-refractivity contribution in [3.8, 4) is 0 Å². The van der Waals surface area contributed by atoms with Crippen LogP contribution in [0.1, 0.15) is 39.5 Å². The predicted octanol–water partition coefficient (Wildman–Crippen LogP) is 0.000300. The first kappa shape index (κ1) is 12.8. The molecule has 0 aromatic rings. The fourth-order valence-corrected chi connectivity index (χ4v) is 2.72. The number of amides is 2. The smallest absolute Gasteiger partial charge is 0.257 e. The third-order valence-corrected chi connectivity index (χ3v) is 3.99. The van der Waals surface area contributed by atoms with E-state index in [4.69, 9.17) is 0 Å². The molecule has 2 amide bonds. The highest BCUT2D eigenvalue weighted by atomic mass is 16.4. The van der Waals surface area contributed by atoms with Crippen LogP contribution in [0.25, 0.3) is 0 Å². The summed E-state index contributed by atoms with van der Waals surface area (Å²) in [5.41, 5.74) is 0.936. The molecular weight excluding hydrogens is 234 g/mol. The van der Waals surface area contributed by atoms with Gasteiger partial charge in [-0.3, -0.25) is 14.5 Å². The van der Waals surface area contributed by atoms with Crippen LogP contribution in [0.2, 0.25) is 0 Å². The minimum Gasteiger partial charge on any atom is -0.550 e. The lowest BCUT2D eigenvalue weighted by molar-refractivity contribution is -0.312. The van der Waals surface area contributed by atoms with E-state index in [9.17, 15) is 19.5 Å². The largest absolute Gasteiger partial charge is 0.550 e. The van der Waals surface area contributed by atoms with E-state index in [0.29, 0.717) is 36.8 Å². The molecule has 1 heterocycles. The molecule has 2 rings (SSSR count). The Morgan fingerprint density at radius 3 is 2.22 bits per heavy atom. The van der Waals surface area contributed by atoms with E-state index in [1.165, 1.54) is 4.90 Å². The lowest BCUT2D eigenvalue weighted by atomic mass is 9.85. The van der Waals surface area contributed by atoms with Gasteiger partial charge in [-0.2, -0.15) is 0 Å². The van der Waals surface area contributed by atoms with Crippen LogP contribution in [0.4, 0.5) is 0 Å². The molecule has 1 saturated carbocycles. The van der Waals surface area contributed by atoms with Crippen LogP contribution in [-0.2, 0) is 14.4 Å². The van der Waals surface area contributed by atoms with Gasteiger partial charge in [-0.1, -0.05) is 6.42 Å². The second kappa shape index (κ2) is 4.55. The van der Waals surface area contributed by atoms with E-state index < -0.39 is 11.9 Å². The van der Waals surface area contributed by atoms with Crippen molar-refractivity contribution in [1.29, 1.82) is 0 Å². The van der Waals surface area contributed by atoms with Gasteiger partial charge < -0.3 is 9.90 Å². The Hall–Kier alpha value is -1.65. The van der Waals surface area contributed by atoms with Gasteiger partial charge in [-0.15, -0.1) is 0 Å². The molecule has 2 aliphatic rings. The number of carbonyl (C=O) groups excluding carboxylic acids is 3. The molecule has 1 fully saturated rings. The van der Waals surface area contributed by atoms with Gasteiger partial charge >= 0.3 is 0 Å². The molecule has 18 heavy (non-hydrogen) atoms. The number of nitrogens with zero attached hydrogens (tertiary/aromatic N) is 1. The van der Waals surface area contributed by atoms with Crippen molar-refractivity contribution < 1.29 is 19.5 Å². The second-order valence-electron chi connectivity index (χ2n) is 5.07. The highest BCUT2D eigenvalue weighted by Crippen LogP contribution is 2.32. The Bertz CT molecular complexity index is 428. The van der Waals surface area contributed by atoms with E-state index in [1.807, 2.05) is 0 Å². The monoisotopic (exact) mass is 250 g/mol. The van der Waals surface area contributed by atoms with Crippen molar-refractivity contribution in [3.63, 3.8) is 0 Å². The molecule has 1 aliphatic heterocycles. The quantitative estimate of drug-likeness (QED) is 0.646. The molecular formula is C13H16NO4-. The van der Waals surface area contributed by atoms with Crippen LogP contribution in [-0.4, -0.2) is 28.7 Å². The van der Waals surface area contributed by atoms with Gasteiger partial charge in [0, 0.05) is 29.1 Å². The number of hydrogen-bond donors (Lipinski definition) is 0. The van der Waals surface area contributed by atoms with Gasteiger partial charge in [-0.05, 0) is 33.1 Å². The van der Waals surface area contributed by atoms with E-state index in [2.05, 4.69) is 0 Å². The first-order valence-electron chi connectivity index (χ1n) is 6.19. The number of carboxylic acids is 1. The fraction of sp³-hybridized carbons (Fsp3) is 0.615. The molecule has 1 aliphatic carbocycles. The molecule has 2 unspecified atom stereocenters. The highest BCUT2D eigenvalue weighted by molar-refractivity contribution is 6.19. The summed E-state index contributed by atoms with van der Waals surface area (Å²) < 4.78 is 0. The van der Waals surface area contributed by atoms with Crippen LogP contribution in [0.15, 0.2) is 11.1 Å². The van der Waals surface area contributed by atoms with Crippen LogP contribution in [0.5, 0.6) is 0 Å². The summed E-state index contributed by atoms with van der Waals surface area (Å²) in [6, 6.07) is -0.297. The average Bonchev–Trinajstić information content (AvgIpc) is 2.54. The Morgan fingerprint density at radius 2 is 1.72 bits per heavy atom. The number of imide groups is 1. The zero-order valence-corrected chi connectivity index (χ0v) is 10.6. The average molecular weight is 250 g/mol. The third kappa shape index (κ3) is 1.94. The maximum absolute atomic E-state index is 12.0. The maximum atomic E-state index is 12.0. The summed E-state index contributed by atoms with van der Waals surface area (Å²) in [6.45, 7) is 3.27. The number of carbonyl (C=O) groups is 3. The summed E-state index contributed by atoms with van der Waals surface area (Å²) in [5, 5.41) is 10.9. The van der Waals surface area contributed by atoms with Gasteiger partial charge in [0.2, 0.25) is 0 Å². The minimum atomic E-state index is -1.08. The lowest BCUT2D eigenvalue weighted by Crippen LogP contribution is -2.46. The predicted molar refractivity (Wildman–Crippen MR) is 61.0 cm³/mol. The number of hydrogen-bond acceptors (Lipinski definition) is 4. The topological polar surface area (TPSA) is 77.5 Å². The lowest BCUT2D eigenvalue weighted by Gasteiger charge is -2.34. The number of carboxylic acid groups (broad SMARTS) is 1. The Morgan fingerprint density at radius 1 is 1.17 bits per heavy atom.